The van der Waals surface area contributed by atoms with Gasteiger partial charge in [-0.05, 0) is 12.1 Å². The molecule has 0 unspecified atom stereocenters. The average molecular weight is 265 g/mol. The lowest BCUT2D eigenvalue weighted by Crippen LogP contribution is -2.33. The van der Waals surface area contributed by atoms with Gasteiger partial charge in [-0.3, -0.25) is 0 Å². The molecule has 18 heavy (non-hydrogen) atoms. The first-order valence-corrected chi connectivity index (χ1v) is 4.80. The second-order valence-electron chi connectivity index (χ2n) is 3.59. The molecule has 0 amide bonds. The summed E-state index contributed by atoms with van der Waals surface area (Å²) in [7, 11) is 1.14. The number of halogens is 4. The van der Waals surface area contributed by atoms with Gasteiger partial charge in [-0.25, -0.2) is 4.39 Å². The van der Waals surface area contributed by atoms with Gasteiger partial charge in [0.05, 0.1) is 11.3 Å². The fourth-order valence-corrected chi connectivity index (χ4v) is 1.49. The fourth-order valence-electron chi connectivity index (χ4n) is 1.49. The molecular weight excluding hydrogens is 254 g/mol. The molecule has 0 aliphatic heterocycles. The minimum atomic E-state index is -4.44. The van der Waals surface area contributed by atoms with Crippen LogP contribution in [0.3, 0.4) is 0 Å². The molecule has 0 bridgehead atoms. The zero-order chi connectivity index (χ0) is 13.9. The first kappa shape index (κ1) is 14.1. The van der Waals surface area contributed by atoms with Crippen molar-refractivity contribution in [2.75, 3.05) is 18.5 Å². The molecule has 4 nitrogen and oxygen atoms in total. The molecule has 0 radical (unpaired) electrons. The smallest absolute Gasteiger partial charge is 0.405 e. The molecule has 8 heteroatoms. The van der Waals surface area contributed by atoms with Crippen molar-refractivity contribution in [2.24, 2.45) is 10.9 Å². The average Bonchev–Trinajstić information content (AvgIpc) is 2.25. The predicted molar refractivity (Wildman–Crippen MR) is 58.2 cm³/mol. The highest BCUT2D eigenvalue weighted by Gasteiger charge is 2.30. The molecular formula is C10H11F4N3O. The van der Waals surface area contributed by atoms with Gasteiger partial charge in [-0.2, -0.15) is 13.2 Å². The number of nitrogens with zero attached hydrogens (tertiary/aromatic N) is 2. The minimum Gasteiger partial charge on any atom is -0.409 e. The molecule has 3 N–H and O–H groups in total. The van der Waals surface area contributed by atoms with E-state index in [-0.39, 0.29) is 11.3 Å². The van der Waals surface area contributed by atoms with Crippen LogP contribution in [0.25, 0.3) is 0 Å². The second-order valence-corrected chi connectivity index (χ2v) is 3.59. The number of alkyl halides is 3. The molecule has 0 aliphatic rings. The van der Waals surface area contributed by atoms with Crippen LogP contribution in [0.2, 0.25) is 0 Å². The monoisotopic (exact) mass is 265 g/mol. The third-order valence-electron chi connectivity index (χ3n) is 2.18. The molecule has 0 saturated heterocycles. The SMILES string of the molecule is CN(CC(F)(F)F)c1cccc(F)c1C(N)=NO. The van der Waals surface area contributed by atoms with Crippen molar-refractivity contribution in [1.82, 2.24) is 0 Å². The van der Waals surface area contributed by atoms with Crippen molar-refractivity contribution in [1.29, 1.82) is 0 Å². The Balaban J connectivity index is 3.20. The standard InChI is InChI=1S/C10H11F4N3O/c1-17(5-10(12,13)14)7-4-2-3-6(11)8(7)9(15)16-18/h2-4,18H,5H2,1H3,(H2,15,16). The summed E-state index contributed by atoms with van der Waals surface area (Å²) in [6, 6.07) is 3.51. The summed E-state index contributed by atoms with van der Waals surface area (Å²) in [6.07, 6.45) is -4.44. The Morgan fingerprint density at radius 3 is 2.56 bits per heavy atom. The summed E-state index contributed by atoms with van der Waals surface area (Å²) in [5.41, 5.74) is 4.77. The van der Waals surface area contributed by atoms with Crippen molar-refractivity contribution < 1.29 is 22.8 Å². The van der Waals surface area contributed by atoms with E-state index in [1.165, 1.54) is 12.1 Å². The summed E-state index contributed by atoms with van der Waals surface area (Å²) >= 11 is 0. The molecule has 1 aromatic rings. The number of oxime groups is 1. The molecule has 0 saturated carbocycles. The van der Waals surface area contributed by atoms with E-state index in [9.17, 15) is 17.6 Å². The summed E-state index contributed by atoms with van der Waals surface area (Å²) in [5.74, 6) is -1.45. The van der Waals surface area contributed by atoms with Gasteiger partial charge in [0.25, 0.3) is 0 Å². The van der Waals surface area contributed by atoms with Crippen LogP contribution in [0.4, 0.5) is 23.2 Å². The van der Waals surface area contributed by atoms with E-state index in [1.807, 2.05) is 0 Å². The number of hydrogen-bond acceptors (Lipinski definition) is 3. The molecule has 0 spiro atoms. The van der Waals surface area contributed by atoms with Crippen LogP contribution in [-0.2, 0) is 0 Å². The maximum absolute atomic E-state index is 13.5. The summed E-state index contributed by atoms with van der Waals surface area (Å²) < 4.78 is 50.3. The highest BCUT2D eigenvalue weighted by molar-refractivity contribution is 6.02. The third-order valence-corrected chi connectivity index (χ3v) is 2.18. The molecule has 0 aromatic heterocycles. The Morgan fingerprint density at radius 2 is 2.06 bits per heavy atom. The Labute approximate surface area is 100 Å². The molecule has 0 heterocycles. The van der Waals surface area contributed by atoms with Crippen LogP contribution in [-0.4, -0.2) is 30.8 Å². The minimum absolute atomic E-state index is 0.109. The van der Waals surface area contributed by atoms with Gasteiger partial charge in [0.2, 0.25) is 0 Å². The largest absolute Gasteiger partial charge is 0.409 e. The van der Waals surface area contributed by atoms with Crippen LogP contribution in [0.1, 0.15) is 5.56 Å². The normalized spacial score (nSPS) is 12.6. The van der Waals surface area contributed by atoms with Crippen molar-refractivity contribution >= 4 is 11.5 Å². The summed E-state index contributed by atoms with van der Waals surface area (Å²) in [5, 5.41) is 11.1. The van der Waals surface area contributed by atoms with Gasteiger partial charge in [0, 0.05) is 7.05 Å². The van der Waals surface area contributed by atoms with E-state index in [4.69, 9.17) is 10.9 Å². The Kier molecular flexibility index (Phi) is 4.00. The number of hydrogen-bond donors (Lipinski definition) is 2. The molecule has 0 fully saturated rings. The molecule has 1 aromatic carbocycles. The zero-order valence-electron chi connectivity index (χ0n) is 9.37. The number of amidine groups is 1. The van der Waals surface area contributed by atoms with E-state index in [0.29, 0.717) is 0 Å². The van der Waals surface area contributed by atoms with Crippen molar-refractivity contribution in [3.8, 4) is 0 Å². The lowest BCUT2D eigenvalue weighted by molar-refractivity contribution is -0.119. The van der Waals surface area contributed by atoms with Crippen molar-refractivity contribution in [3.05, 3.63) is 29.6 Å². The van der Waals surface area contributed by atoms with Crippen molar-refractivity contribution in [2.45, 2.75) is 6.18 Å². The predicted octanol–water partition coefficient (Wildman–Crippen LogP) is 1.92. The number of nitrogens with two attached hydrogens (primary N) is 1. The van der Waals surface area contributed by atoms with E-state index in [0.717, 1.165) is 18.0 Å². The Morgan fingerprint density at radius 1 is 1.44 bits per heavy atom. The van der Waals surface area contributed by atoms with Gasteiger partial charge in [-0.1, -0.05) is 11.2 Å². The summed E-state index contributed by atoms with van der Waals surface area (Å²) in [6.45, 7) is -1.28. The lowest BCUT2D eigenvalue weighted by atomic mass is 10.1. The number of anilines is 1. The van der Waals surface area contributed by atoms with Crippen LogP contribution in [0.5, 0.6) is 0 Å². The van der Waals surface area contributed by atoms with E-state index in [1.54, 1.807) is 0 Å². The first-order chi connectivity index (χ1) is 8.26. The number of rotatable bonds is 3. The van der Waals surface area contributed by atoms with Crippen LogP contribution in [0.15, 0.2) is 23.4 Å². The summed E-state index contributed by atoms with van der Waals surface area (Å²) in [4.78, 5) is 0.774. The third kappa shape index (κ3) is 3.25. The zero-order valence-corrected chi connectivity index (χ0v) is 9.37. The van der Waals surface area contributed by atoms with Crippen LogP contribution in [0, 0.1) is 5.82 Å². The molecule has 0 atom stereocenters. The Hall–Kier alpha value is -1.99. The second kappa shape index (κ2) is 5.11. The van der Waals surface area contributed by atoms with Gasteiger partial charge in [0.15, 0.2) is 5.84 Å². The van der Waals surface area contributed by atoms with Gasteiger partial charge in [0.1, 0.15) is 12.4 Å². The number of benzene rings is 1. The quantitative estimate of drug-likeness (QED) is 0.288. The highest BCUT2D eigenvalue weighted by Crippen LogP contribution is 2.25. The lowest BCUT2D eigenvalue weighted by Gasteiger charge is -2.23. The van der Waals surface area contributed by atoms with Crippen LogP contribution >= 0.6 is 0 Å². The van der Waals surface area contributed by atoms with E-state index >= 15 is 0 Å². The first-order valence-electron chi connectivity index (χ1n) is 4.80. The van der Waals surface area contributed by atoms with Crippen molar-refractivity contribution in [3.63, 3.8) is 0 Å². The van der Waals surface area contributed by atoms with Gasteiger partial charge < -0.3 is 15.8 Å². The maximum Gasteiger partial charge on any atom is 0.405 e. The van der Waals surface area contributed by atoms with E-state index in [2.05, 4.69) is 5.16 Å². The maximum atomic E-state index is 13.5. The highest BCUT2D eigenvalue weighted by atomic mass is 19.4. The van der Waals surface area contributed by atoms with Gasteiger partial charge in [-0.15, -0.1) is 0 Å². The fraction of sp³-hybridized carbons (Fsp3) is 0.300. The molecule has 1 rings (SSSR count). The van der Waals surface area contributed by atoms with E-state index < -0.39 is 24.4 Å². The van der Waals surface area contributed by atoms with Gasteiger partial charge >= 0.3 is 6.18 Å². The van der Waals surface area contributed by atoms with Crippen LogP contribution < -0.4 is 10.6 Å². The molecule has 0 aliphatic carbocycles. The topological polar surface area (TPSA) is 61.8 Å². The molecule has 100 valence electrons. The Bertz CT molecular complexity index is 459.